The van der Waals surface area contributed by atoms with Crippen LogP contribution in [0, 0.1) is 5.82 Å². The van der Waals surface area contributed by atoms with Gasteiger partial charge in [0.25, 0.3) is 0 Å². The van der Waals surface area contributed by atoms with Crippen LogP contribution in [0.2, 0.25) is 5.02 Å². The zero-order valence-electron chi connectivity index (χ0n) is 15.8. The van der Waals surface area contributed by atoms with E-state index in [0.717, 1.165) is 11.1 Å². The van der Waals surface area contributed by atoms with Gasteiger partial charge in [0.1, 0.15) is 5.75 Å². The number of carboxylic acids is 1. The molecule has 2 aromatic rings. The summed E-state index contributed by atoms with van der Waals surface area (Å²) < 4.78 is 20.0. The summed E-state index contributed by atoms with van der Waals surface area (Å²) >= 11 is 6.41. The van der Waals surface area contributed by atoms with Gasteiger partial charge in [-0.3, -0.25) is 0 Å². The molecule has 146 valence electrons. The summed E-state index contributed by atoms with van der Waals surface area (Å²) in [6.07, 6.45) is 0.391. The van der Waals surface area contributed by atoms with E-state index in [0.29, 0.717) is 22.6 Å². The number of rotatable bonds is 7. The minimum absolute atomic E-state index is 0.147. The molecule has 0 saturated heterocycles. The minimum Gasteiger partial charge on any atom is -0.508 e. The first kappa shape index (κ1) is 21.0. The first-order chi connectivity index (χ1) is 12.6. The van der Waals surface area contributed by atoms with Crippen LogP contribution in [-0.4, -0.2) is 22.8 Å². The van der Waals surface area contributed by atoms with Crippen molar-refractivity contribution in [2.75, 3.05) is 6.61 Å². The van der Waals surface area contributed by atoms with E-state index in [9.17, 15) is 14.3 Å². The van der Waals surface area contributed by atoms with Crippen molar-refractivity contribution in [3.8, 4) is 11.5 Å². The van der Waals surface area contributed by atoms with E-state index in [1.807, 2.05) is 33.8 Å². The third-order valence-corrected chi connectivity index (χ3v) is 4.68. The fourth-order valence-corrected chi connectivity index (χ4v) is 3.33. The molecular formula is C21H24ClFO4. The minimum atomic E-state index is -1.19. The third kappa shape index (κ3) is 4.92. The van der Waals surface area contributed by atoms with Gasteiger partial charge in [-0.1, -0.05) is 51.4 Å². The normalized spacial score (nSPS) is 11.3. The van der Waals surface area contributed by atoms with Crippen molar-refractivity contribution in [2.45, 2.75) is 46.0 Å². The number of benzene rings is 2. The van der Waals surface area contributed by atoms with E-state index in [1.165, 1.54) is 6.07 Å². The largest absolute Gasteiger partial charge is 0.508 e. The van der Waals surface area contributed by atoms with Crippen LogP contribution in [0.15, 0.2) is 24.3 Å². The zero-order chi connectivity index (χ0) is 20.3. The lowest BCUT2D eigenvalue weighted by molar-refractivity contribution is -0.139. The Hall–Kier alpha value is -2.27. The average molecular weight is 395 g/mol. The molecule has 2 rings (SSSR count). The highest BCUT2D eigenvalue weighted by Gasteiger charge is 2.22. The summed E-state index contributed by atoms with van der Waals surface area (Å²) in [5.74, 6) is -1.74. The van der Waals surface area contributed by atoms with Crippen molar-refractivity contribution < 1.29 is 24.1 Å². The summed E-state index contributed by atoms with van der Waals surface area (Å²) in [5, 5.41) is 19.1. The van der Waals surface area contributed by atoms with Gasteiger partial charge in [0, 0.05) is 11.1 Å². The first-order valence-corrected chi connectivity index (χ1v) is 9.16. The molecule has 0 amide bonds. The molecule has 6 heteroatoms. The summed E-state index contributed by atoms with van der Waals surface area (Å²) in [6.45, 7) is 7.02. The van der Waals surface area contributed by atoms with Gasteiger partial charge in [-0.25, -0.2) is 9.18 Å². The fourth-order valence-electron chi connectivity index (χ4n) is 3.07. The first-order valence-electron chi connectivity index (χ1n) is 8.78. The van der Waals surface area contributed by atoms with Crippen LogP contribution in [0.3, 0.4) is 0 Å². The Morgan fingerprint density at radius 3 is 2.41 bits per heavy atom. The van der Waals surface area contributed by atoms with E-state index in [-0.39, 0.29) is 23.3 Å². The van der Waals surface area contributed by atoms with E-state index in [2.05, 4.69) is 0 Å². The topological polar surface area (TPSA) is 66.8 Å². The van der Waals surface area contributed by atoms with Crippen molar-refractivity contribution in [1.82, 2.24) is 0 Å². The van der Waals surface area contributed by atoms with Crippen molar-refractivity contribution in [3.63, 3.8) is 0 Å². The second-order valence-electron chi connectivity index (χ2n) is 7.12. The Bertz CT molecular complexity index is 847. The SMILES string of the molecule is CC(C)c1cc(Cc2c(Cl)cc(OCC(=O)O)c(F)c2C(C)C)ccc1O. The van der Waals surface area contributed by atoms with Gasteiger partial charge in [0.05, 0.1) is 0 Å². The van der Waals surface area contributed by atoms with Gasteiger partial charge >= 0.3 is 5.97 Å². The Balaban J connectivity index is 2.49. The van der Waals surface area contributed by atoms with Crippen molar-refractivity contribution in [3.05, 3.63) is 57.4 Å². The lowest BCUT2D eigenvalue weighted by Gasteiger charge is -2.19. The molecule has 0 heterocycles. The van der Waals surface area contributed by atoms with E-state index >= 15 is 0 Å². The highest BCUT2D eigenvalue weighted by atomic mass is 35.5. The number of aliphatic carboxylic acids is 1. The van der Waals surface area contributed by atoms with Gasteiger partial charge in [0.2, 0.25) is 0 Å². The van der Waals surface area contributed by atoms with Gasteiger partial charge in [-0.2, -0.15) is 0 Å². The number of phenols is 1. The number of hydrogen-bond acceptors (Lipinski definition) is 3. The van der Waals surface area contributed by atoms with Crippen molar-refractivity contribution in [1.29, 1.82) is 0 Å². The quantitative estimate of drug-likeness (QED) is 0.652. The number of ether oxygens (including phenoxy) is 1. The van der Waals surface area contributed by atoms with Crippen LogP contribution in [0.5, 0.6) is 11.5 Å². The maximum absolute atomic E-state index is 15.0. The maximum atomic E-state index is 15.0. The molecule has 0 bridgehead atoms. The van der Waals surface area contributed by atoms with Gasteiger partial charge in [-0.15, -0.1) is 0 Å². The van der Waals surface area contributed by atoms with Crippen LogP contribution in [0.4, 0.5) is 4.39 Å². The average Bonchev–Trinajstić information content (AvgIpc) is 2.57. The Labute approximate surface area is 163 Å². The Morgan fingerprint density at radius 1 is 1.19 bits per heavy atom. The second-order valence-corrected chi connectivity index (χ2v) is 7.53. The van der Waals surface area contributed by atoms with Crippen molar-refractivity contribution >= 4 is 17.6 Å². The highest BCUT2D eigenvalue weighted by molar-refractivity contribution is 6.31. The molecular weight excluding hydrogens is 371 g/mol. The Kier molecular flexibility index (Phi) is 6.71. The molecule has 0 aliphatic rings. The van der Waals surface area contributed by atoms with Crippen LogP contribution in [0.25, 0.3) is 0 Å². The number of hydrogen-bond donors (Lipinski definition) is 2. The van der Waals surface area contributed by atoms with E-state index in [1.54, 1.807) is 12.1 Å². The Morgan fingerprint density at radius 2 is 1.85 bits per heavy atom. The highest BCUT2D eigenvalue weighted by Crippen LogP contribution is 2.37. The van der Waals surface area contributed by atoms with Crippen LogP contribution < -0.4 is 4.74 Å². The number of carbonyl (C=O) groups is 1. The summed E-state index contributed by atoms with van der Waals surface area (Å²) in [4.78, 5) is 10.7. The van der Waals surface area contributed by atoms with Gasteiger partial charge < -0.3 is 14.9 Å². The van der Waals surface area contributed by atoms with Gasteiger partial charge in [0.15, 0.2) is 18.2 Å². The fraction of sp³-hybridized carbons (Fsp3) is 0.381. The molecule has 0 aromatic heterocycles. The number of halogens is 2. The maximum Gasteiger partial charge on any atom is 0.341 e. The van der Waals surface area contributed by atoms with Crippen LogP contribution in [0.1, 0.15) is 61.8 Å². The van der Waals surface area contributed by atoms with Crippen molar-refractivity contribution in [2.24, 2.45) is 0 Å². The molecule has 2 N–H and O–H groups in total. The smallest absolute Gasteiger partial charge is 0.341 e. The zero-order valence-corrected chi connectivity index (χ0v) is 16.6. The van der Waals surface area contributed by atoms with E-state index in [4.69, 9.17) is 21.4 Å². The monoisotopic (exact) mass is 394 g/mol. The molecule has 0 saturated carbocycles. The molecule has 0 aliphatic heterocycles. The predicted octanol–water partition coefficient (Wildman–Crippen LogP) is 5.49. The summed E-state index contributed by atoms with van der Waals surface area (Å²) in [6, 6.07) is 6.64. The number of aromatic hydroxyl groups is 1. The van der Waals surface area contributed by atoms with E-state index < -0.39 is 18.4 Å². The lowest BCUT2D eigenvalue weighted by Crippen LogP contribution is -2.12. The third-order valence-electron chi connectivity index (χ3n) is 4.35. The number of carboxylic acid groups (broad SMARTS) is 1. The summed E-state index contributed by atoms with van der Waals surface area (Å²) in [7, 11) is 0. The second kappa shape index (κ2) is 8.61. The molecule has 0 unspecified atom stereocenters. The molecule has 4 nitrogen and oxygen atoms in total. The molecule has 27 heavy (non-hydrogen) atoms. The molecule has 0 radical (unpaired) electrons. The van der Waals surface area contributed by atoms with Crippen LogP contribution >= 0.6 is 11.6 Å². The molecule has 0 aliphatic carbocycles. The molecule has 0 fully saturated rings. The molecule has 0 spiro atoms. The number of phenolic OH excluding ortho intramolecular Hbond substituents is 1. The van der Waals surface area contributed by atoms with Crippen LogP contribution in [-0.2, 0) is 11.2 Å². The molecule has 0 atom stereocenters. The summed E-state index contributed by atoms with van der Waals surface area (Å²) in [5.41, 5.74) is 2.75. The predicted molar refractivity (Wildman–Crippen MR) is 104 cm³/mol. The standard InChI is InChI=1S/C21H24ClFO4/c1-11(2)14-7-13(5-6-17(14)24)8-15-16(22)9-18(27-10-19(25)26)21(23)20(15)12(3)4/h5-7,9,11-12,24H,8,10H2,1-4H3,(H,25,26). The van der Waals surface area contributed by atoms with Gasteiger partial charge in [-0.05, 0) is 46.6 Å². The molecule has 2 aromatic carbocycles. The lowest BCUT2D eigenvalue weighted by atomic mass is 9.90.